The van der Waals surface area contributed by atoms with E-state index in [1.54, 1.807) is 6.07 Å². The Morgan fingerprint density at radius 1 is 0.971 bits per heavy atom. The number of aromatic nitrogens is 1. The molecule has 5 rings (SSSR count). The first kappa shape index (κ1) is 22.7. The molecule has 7 nitrogen and oxygen atoms in total. The average Bonchev–Trinajstić information content (AvgIpc) is 3.30. The van der Waals surface area contributed by atoms with Crippen LogP contribution in [-0.2, 0) is 9.59 Å². The van der Waals surface area contributed by atoms with Gasteiger partial charge in [-0.1, -0.05) is 60.7 Å². The number of H-pyrrole nitrogens is 1. The van der Waals surface area contributed by atoms with E-state index < -0.39 is 11.3 Å². The van der Waals surface area contributed by atoms with Gasteiger partial charge in [-0.15, -0.1) is 11.8 Å². The van der Waals surface area contributed by atoms with Gasteiger partial charge in [0.25, 0.3) is 11.8 Å². The van der Waals surface area contributed by atoms with E-state index in [4.69, 9.17) is 0 Å². The van der Waals surface area contributed by atoms with Crippen LogP contribution in [0.15, 0.2) is 89.8 Å². The summed E-state index contributed by atoms with van der Waals surface area (Å²) in [7, 11) is 1.53. The Morgan fingerprint density at radius 2 is 1.69 bits per heavy atom. The summed E-state index contributed by atoms with van der Waals surface area (Å²) in [6, 6.07) is 25.6. The molecule has 3 aromatic carbocycles. The Hall–Kier alpha value is -4.04. The van der Waals surface area contributed by atoms with Gasteiger partial charge in [-0.25, -0.2) is 0 Å². The minimum atomic E-state index is -0.904. The highest BCUT2D eigenvalue weighted by molar-refractivity contribution is 7.99. The van der Waals surface area contributed by atoms with Gasteiger partial charge in [0.1, 0.15) is 18.3 Å². The molecule has 0 saturated carbocycles. The van der Waals surface area contributed by atoms with Crippen molar-refractivity contribution in [1.29, 1.82) is 0 Å². The van der Waals surface area contributed by atoms with Crippen molar-refractivity contribution in [2.75, 3.05) is 18.5 Å². The number of rotatable bonds is 5. The predicted molar refractivity (Wildman–Crippen MR) is 137 cm³/mol. The van der Waals surface area contributed by atoms with Crippen molar-refractivity contribution in [3.63, 3.8) is 0 Å². The molecule has 8 heteroatoms. The third kappa shape index (κ3) is 4.52. The number of anilines is 1. The predicted octanol–water partition coefficient (Wildman–Crippen LogP) is 3.89. The number of fused-ring (bicyclic) bond motifs is 2. The topological polar surface area (TPSA) is 94.3 Å². The zero-order chi connectivity index (χ0) is 24.4. The van der Waals surface area contributed by atoms with Crippen LogP contribution >= 0.6 is 11.8 Å². The number of nitrogens with one attached hydrogen (secondary N) is 3. The highest BCUT2D eigenvalue weighted by Gasteiger charge is 2.40. The minimum absolute atomic E-state index is 0.146. The molecule has 0 spiro atoms. The largest absolute Gasteiger partial charge is 0.358 e. The number of aromatic amines is 1. The van der Waals surface area contributed by atoms with Gasteiger partial charge in [0.15, 0.2) is 0 Å². The summed E-state index contributed by atoms with van der Waals surface area (Å²) in [6.45, 7) is -0.146. The van der Waals surface area contributed by atoms with Gasteiger partial charge in [-0.3, -0.25) is 14.4 Å². The van der Waals surface area contributed by atoms with Gasteiger partial charge >= 0.3 is 0 Å². The Kier molecular flexibility index (Phi) is 6.29. The van der Waals surface area contributed by atoms with E-state index in [-0.39, 0.29) is 24.3 Å². The highest BCUT2D eigenvalue weighted by atomic mass is 32.2. The van der Waals surface area contributed by atoms with Gasteiger partial charge in [-0.05, 0) is 29.8 Å². The van der Waals surface area contributed by atoms with E-state index in [1.165, 1.54) is 23.7 Å². The van der Waals surface area contributed by atoms with Gasteiger partial charge in [0.05, 0.1) is 10.9 Å². The van der Waals surface area contributed by atoms with Crippen molar-refractivity contribution in [3.05, 3.63) is 96.2 Å². The van der Waals surface area contributed by atoms with Crippen molar-refractivity contribution in [2.45, 2.75) is 16.2 Å². The number of likely N-dealkylation sites (N-methyl/N-ethyl adjacent to an activating group) is 1. The van der Waals surface area contributed by atoms with E-state index in [2.05, 4.69) is 15.6 Å². The number of carbonyl (C=O) groups is 3. The lowest BCUT2D eigenvalue weighted by Gasteiger charge is -2.28. The Morgan fingerprint density at radius 3 is 2.46 bits per heavy atom. The van der Waals surface area contributed by atoms with Crippen molar-refractivity contribution < 1.29 is 14.4 Å². The second-order valence-corrected chi connectivity index (χ2v) is 9.42. The smallest absolute Gasteiger partial charge is 0.268 e. The first-order valence-corrected chi connectivity index (χ1v) is 12.1. The van der Waals surface area contributed by atoms with Crippen LogP contribution in [0.4, 0.5) is 5.69 Å². The van der Waals surface area contributed by atoms with Crippen LogP contribution in [0.2, 0.25) is 0 Å². The third-order valence-electron chi connectivity index (χ3n) is 6.01. The molecular weight excluding hydrogens is 460 g/mol. The van der Waals surface area contributed by atoms with Gasteiger partial charge in [0.2, 0.25) is 5.91 Å². The maximum absolute atomic E-state index is 14.0. The van der Waals surface area contributed by atoms with Crippen LogP contribution < -0.4 is 15.5 Å². The summed E-state index contributed by atoms with van der Waals surface area (Å²) in [6.07, 6.45) is 0. The molecule has 176 valence electrons. The maximum atomic E-state index is 14.0. The Balaban J connectivity index is 1.56. The fourth-order valence-corrected chi connectivity index (χ4v) is 5.59. The summed E-state index contributed by atoms with van der Waals surface area (Å²) < 4.78 is 0. The summed E-state index contributed by atoms with van der Waals surface area (Å²) in [4.78, 5) is 45.2. The maximum Gasteiger partial charge on any atom is 0.268 e. The molecule has 2 atom stereocenters. The zero-order valence-electron chi connectivity index (χ0n) is 19.0. The lowest BCUT2D eigenvalue weighted by Crippen LogP contribution is -2.52. The molecule has 1 aromatic heterocycles. The summed E-state index contributed by atoms with van der Waals surface area (Å²) >= 11 is 1.50. The molecule has 3 N–H and O–H groups in total. The van der Waals surface area contributed by atoms with E-state index in [1.807, 2.05) is 78.9 Å². The van der Waals surface area contributed by atoms with Crippen LogP contribution in [0.1, 0.15) is 21.3 Å². The summed E-state index contributed by atoms with van der Waals surface area (Å²) in [5, 5.41) is 6.08. The van der Waals surface area contributed by atoms with Crippen LogP contribution in [-0.4, -0.2) is 42.3 Å². The van der Waals surface area contributed by atoms with Crippen molar-refractivity contribution in [1.82, 2.24) is 15.6 Å². The molecule has 1 aliphatic heterocycles. The first-order valence-electron chi connectivity index (χ1n) is 11.3. The van der Waals surface area contributed by atoms with Gasteiger partial charge in [-0.2, -0.15) is 0 Å². The van der Waals surface area contributed by atoms with Crippen molar-refractivity contribution in [2.24, 2.45) is 0 Å². The van der Waals surface area contributed by atoms with Crippen molar-refractivity contribution >= 4 is 46.1 Å². The lowest BCUT2D eigenvalue weighted by molar-refractivity contribution is -0.124. The van der Waals surface area contributed by atoms with E-state index in [0.717, 1.165) is 21.4 Å². The third-order valence-corrected chi connectivity index (χ3v) is 7.41. The molecule has 0 saturated heterocycles. The number of hydrogen-bond acceptors (Lipinski definition) is 4. The monoisotopic (exact) mass is 484 g/mol. The fraction of sp³-hybridized carbons (Fsp3) is 0.148. The lowest BCUT2D eigenvalue weighted by atomic mass is 10.0. The molecule has 35 heavy (non-hydrogen) atoms. The van der Waals surface area contributed by atoms with Crippen molar-refractivity contribution in [3.8, 4) is 0 Å². The standard InChI is InChI=1S/C27H24N4O3S/c1-28-23(32)16-31-21-13-7-8-14-22(21)35-25(17-9-3-2-4-10-17)24(27(31)34)30-26(33)20-15-18-11-5-6-12-19(18)29-20/h2-15,24-25,29H,16H2,1H3,(H,28,32)(H,30,33)/t24-,25-/m0/s1. The number of hydrogen-bond donors (Lipinski definition) is 3. The number of nitrogens with zero attached hydrogens (tertiary/aromatic N) is 1. The molecule has 4 aromatic rings. The zero-order valence-corrected chi connectivity index (χ0v) is 19.8. The molecule has 0 unspecified atom stereocenters. The minimum Gasteiger partial charge on any atom is -0.358 e. The molecule has 0 radical (unpaired) electrons. The van der Waals surface area contributed by atoms with Crippen LogP contribution in [0.25, 0.3) is 10.9 Å². The molecule has 2 heterocycles. The van der Waals surface area contributed by atoms with Crippen LogP contribution in [0, 0.1) is 0 Å². The second kappa shape index (κ2) is 9.68. The first-order chi connectivity index (χ1) is 17.0. The normalized spacial score (nSPS) is 17.5. The SMILES string of the molecule is CNC(=O)CN1C(=O)[C@@H](NC(=O)c2cc3ccccc3[nH]2)[C@H](c2ccccc2)Sc2ccccc21. The molecular formula is C27H24N4O3S. The average molecular weight is 485 g/mol. The molecule has 0 bridgehead atoms. The molecule has 1 aliphatic rings. The Bertz CT molecular complexity index is 1370. The molecule has 3 amide bonds. The Labute approximate surface area is 206 Å². The van der Waals surface area contributed by atoms with Gasteiger partial charge in [0, 0.05) is 22.8 Å². The van der Waals surface area contributed by atoms with E-state index >= 15 is 0 Å². The highest BCUT2D eigenvalue weighted by Crippen LogP contribution is 2.45. The van der Waals surface area contributed by atoms with E-state index in [0.29, 0.717) is 11.4 Å². The fourth-order valence-electron chi connectivity index (χ4n) is 4.24. The number of benzene rings is 3. The molecule has 0 fully saturated rings. The second-order valence-electron chi connectivity index (χ2n) is 8.24. The summed E-state index contributed by atoms with van der Waals surface area (Å²) in [5.74, 6) is -1.02. The van der Waals surface area contributed by atoms with Gasteiger partial charge < -0.3 is 20.5 Å². The number of para-hydroxylation sites is 2. The van der Waals surface area contributed by atoms with Crippen LogP contribution in [0.3, 0.4) is 0 Å². The molecule has 0 aliphatic carbocycles. The quantitative estimate of drug-likeness (QED) is 0.401. The number of thioether (sulfide) groups is 1. The van der Waals surface area contributed by atoms with E-state index in [9.17, 15) is 14.4 Å². The number of amides is 3. The van der Waals surface area contributed by atoms with Crippen LogP contribution in [0.5, 0.6) is 0 Å². The number of carbonyl (C=O) groups excluding carboxylic acids is 3. The summed E-state index contributed by atoms with van der Waals surface area (Å²) in [5.41, 5.74) is 2.77.